The highest BCUT2D eigenvalue weighted by molar-refractivity contribution is 5.63. The Morgan fingerprint density at radius 1 is 1.14 bits per heavy atom. The quantitative estimate of drug-likeness (QED) is 0.939. The number of aromatic nitrogens is 1. The lowest BCUT2D eigenvalue weighted by atomic mass is 9.90. The fourth-order valence-electron chi connectivity index (χ4n) is 3.25. The van der Waals surface area contributed by atoms with Crippen LogP contribution in [0.2, 0.25) is 0 Å². The molecule has 3 heteroatoms. The molecule has 1 aliphatic rings. The van der Waals surface area contributed by atoms with Gasteiger partial charge in [-0.05, 0) is 61.3 Å². The third kappa shape index (κ3) is 3.14. The lowest BCUT2D eigenvalue weighted by molar-refractivity contribution is 0.160. The summed E-state index contributed by atoms with van der Waals surface area (Å²) in [5, 5.41) is 0. The van der Waals surface area contributed by atoms with E-state index in [0.717, 1.165) is 6.54 Å². The van der Waals surface area contributed by atoms with Crippen molar-refractivity contribution in [2.45, 2.75) is 31.3 Å². The Kier molecular flexibility index (Phi) is 4.32. The van der Waals surface area contributed by atoms with E-state index in [9.17, 15) is 0 Å². The van der Waals surface area contributed by atoms with Gasteiger partial charge in [0.05, 0.1) is 0 Å². The summed E-state index contributed by atoms with van der Waals surface area (Å²) in [6.07, 6.45) is 7.42. The van der Waals surface area contributed by atoms with Crippen LogP contribution >= 0.6 is 0 Å². The van der Waals surface area contributed by atoms with Crippen LogP contribution in [0.1, 0.15) is 30.9 Å². The monoisotopic (exact) mass is 281 g/mol. The summed E-state index contributed by atoms with van der Waals surface area (Å²) in [7, 11) is 2.19. The minimum atomic E-state index is 0.0806. The third-order valence-electron chi connectivity index (χ3n) is 4.53. The molecule has 0 aliphatic carbocycles. The number of rotatable bonds is 3. The van der Waals surface area contributed by atoms with Gasteiger partial charge < -0.3 is 10.6 Å². The van der Waals surface area contributed by atoms with Crippen LogP contribution in [-0.4, -0.2) is 29.5 Å². The zero-order valence-electron chi connectivity index (χ0n) is 12.6. The van der Waals surface area contributed by atoms with Crippen LogP contribution < -0.4 is 5.73 Å². The van der Waals surface area contributed by atoms with Gasteiger partial charge in [0.2, 0.25) is 0 Å². The summed E-state index contributed by atoms with van der Waals surface area (Å²) >= 11 is 0. The highest BCUT2D eigenvalue weighted by Gasteiger charge is 2.26. The number of likely N-dealkylation sites (N-methyl/N-ethyl adjacent to an activating group) is 1. The van der Waals surface area contributed by atoms with E-state index >= 15 is 0 Å². The Labute approximate surface area is 126 Å². The Morgan fingerprint density at radius 2 is 1.95 bits per heavy atom. The fraction of sp³-hybridized carbons (Fsp3) is 0.389. The number of piperidine rings is 1. The number of pyridine rings is 1. The predicted molar refractivity (Wildman–Crippen MR) is 86.9 cm³/mol. The molecule has 1 saturated heterocycles. The minimum absolute atomic E-state index is 0.0806. The van der Waals surface area contributed by atoms with Crippen molar-refractivity contribution in [2.24, 2.45) is 5.73 Å². The van der Waals surface area contributed by atoms with Gasteiger partial charge >= 0.3 is 0 Å². The Morgan fingerprint density at radius 3 is 2.71 bits per heavy atom. The van der Waals surface area contributed by atoms with Gasteiger partial charge in [-0.2, -0.15) is 0 Å². The summed E-state index contributed by atoms with van der Waals surface area (Å²) in [5.74, 6) is 0. The first-order chi connectivity index (χ1) is 10.3. The topological polar surface area (TPSA) is 42.1 Å². The molecule has 2 N–H and O–H groups in total. The van der Waals surface area contributed by atoms with Crippen LogP contribution in [0.15, 0.2) is 48.8 Å². The molecule has 1 aromatic carbocycles. The van der Waals surface area contributed by atoms with Gasteiger partial charge in [-0.15, -0.1) is 0 Å². The molecule has 0 amide bonds. The van der Waals surface area contributed by atoms with Crippen molar-refractivity contribution in [1.29, 1.82) is 0 Å². The molecular formula is C18H23N3. The van der Waals surface area contributed by atoms with Crippen molar-refractivity contribution in [1.82, 2.24) is 9.88 Å². The number of likely N-dealkylation sites (tertiary alicyclic amines) is 1. The van der Waals surface area contributed by atoms with E-state index in [0.29, 0.717) is 6.04 Å². The minimum Gasteiger partial charge on any atom is -0.323 e. The Balaban J connectivity index is 1.85. The molecule has 1 aliphatic heterocycles. The van der Waals surface area contributed by atoms with E-state index in [-0.39, 0.29) is 6.04 Å². The molecular weight excluding hydrogens is 258 g/mol. The fourth-order valence-corrected chi connectivity index (χ4v) is 3.25. The highest BCUT2D eigenvalue weighted by Crippen LogP contribution is 2.28. The molecule has 2 aromatic rings. The maximum absolute atomic E-state index is 6.55. The van der Waals surface area contributed by atoms with E-state index in [1.54, 1.807) is 0 Å². The molecule has 2 atom stereocenters. The molecule has 1 aromatic heterocycles. The van der Waals surface area contributed by atoms with Gasteiger partial charge in [-0.1, -0.05) is 24.6 Å². The van der Waals surface area contributed by atoms with Crippen LogP contribution in [0.5, 0.6) is 0 Å². The molecule has 21 heavy (non-hydrogen) atoms. The summed E-state index contributed by atoms with van der Waals surface area (Å²) in [6.45, 7) is 1.16. The van der Waals surface area contributed by atoms with Crippen molar-refractivity contribution in [3.8, 4) is 11.1 Å². The van der Waals surface area contributed by atoms with Gasteiger partial charge in [0.15, 0.2) is 0 Å². The largest absolute Gasteiger partial charge is 0.323 e. The predicted octanol–water partition coefficient (Wildman–Crippen LogP) is 3.23. The Hall–Kier alpha value is -1.71. The van der Waals surface area contributed by atoms with Crippen LogP contribution in [0.4, 0.5) is 0 Å². The van der Waals surface area contributed by atoms with Crippen LogP contribution in [0, 0.1) is 0 Å². The number of hydrogen-bond donors (Lipinski definition) is 1. The smallest absolute Gasteiger partial charge is 0.0453 e. The molecule has 3 nitrogen and oxygen atoms in total. The van der Waals surface area contributed by atoms with Gasteiger partial charge in [0.25, 0.3) is 0 Å². The summed E-state index contributed by atoms with van der Waals surface area (Å²) in [5.41, 5.74) is 10.2. The van der Waals surface area contributed by atoms with Crippen molar-refractivity contribution in [2.75, 3.05) is 13.6 Å². The molecule has 0 unspecified atom stereocenters. The van der Waals surface area contributed by atoms with Gasteiger partial charge in [-0.25, -0.2) is 0 Å². The molecule has 110 valence electrons. The lowest BCUT2D eigenvalue weighted by Crippen LogP contribution is -2.43. The van der Waals surface area contributed by atoms with Gasteiger partial charge in [-0.3, -0.25) is 4.98 Å². The zero-order chi connectivity index (χ0) is 14.7. The van der Waals surface area contributed by atoms with Crippen molar-refractivity contribution in [3.05, 3.63) is 54.4 Å². The second kappa shape index (κ2) is 6.37. The molecule has 0 bridgehead atoms. The lowest BCUT2D eigenvalue weighted by Gasteiger charge is -2.36. The van der Waals surface area contributed by atoms with E-state index in [4.69, 9.17) is 5.73 Å². The van der Waals surface area contributed by atoms with E-state index in [1.807, 2.05) is 24.5 Å². The van der Waals surface area contributed by atoms with Crippen molar-refractivity contribution >= 4 is 0 Å². The highest BCUT2D eigenvalue weighted by atomic mass is 15.1. The SMILES string of the molecule is CN1CCCC[C@H]1[C@@H](N)c1cccc(-c2ccncc2)c1. The third-order valence-corrected chi connectivity index (χ3v) is 4.53. The maximum Gasteiger partial charge on any atom is 0.0453 e. The summed E-state index contributed by atoms with van der Waals surface area (Å²) in [6, 6.07) is 13.2. The number of nitrogens with two attached hydrogens (primary N) is 1. The standard InChI is InChI=1S/C18H23N3/c1-21-12-3-2-7-17(21)18(19)16-6-4-5-15(13-16)14-8-10-20-11-9-14/h4-6,8-11,13,17-18H,2-3,7,12,19H2,1H3/t17-,18-/m0/s1. The molecule has 2 heterocycles. The van der Waals surface area contributed by atoms with E-state index in [2.05, 4.69) is 41.2 Å². The van der Waals surface area contributed by atoms with Crippen LogP contribution in [0.25, 0.3) is 11.1 Å². The molecule has 0 saturated carbocycles. The first-order valence-electron chi connectivity index (χ1n) is 7.72. The van der Waals surface area contributed by atoms with Crippen molar-refractivity contribution in [3.63, 3.8) is 0 Å². The zero-order valence-corrected chi connectivity index (χ0v) is 12.6. The second-order valence-corrected chi connectivity index (χ2v) is 5.93. The average Bonchev–Trinajstić information content (AvgIpc) is 2.56. The van der Waals surface area contributed by atoms with Gasteiger partial charge in [0.1, 0.15) is 0 Å². The second-order valence-electron chi connectivity index (χ2n) is 5.93. The van der Waals surface area contributed by atoms with Crippen molar-refractivity contribution < 1.29 is 0 Å². The molecule has 0 spiro atoms. The first kappa shape index (κ1) is 14.2. The van der Waals surface area contributed by atoms with Gasteiger partial charge in [0, 0.05) is 24.5 Å². The number of hydrogen-bond acceptors (Lipinski definition) is 3. The van der Waals surface area contributed by atoms with Crippen LogP contribution in [0.3, 0.4) is 0 Å². The maximum atomic E-state index is 6.55. The normalized spacial score (nSPS) is 21.1. The number of nitrogens with zero attached hydrogens (tertiary/aromatic N) is 2. The molecule has 0 radical (unpaired) electrons. The average molecular weight is 281 g/mol. The van der Waals surface area contributed by atoms with E-state index < -0.39 is 0 Å². The number of benzene rings is 1. The molecule has 3 rings (SSSR count). The van der Waals surface area contributed by atoms with Crippen LogP contribution in [-0.2, 0) is 0 Å². The summed E-state index contributed by atoms with van der Waals surface area (Å²) in [4.78, 5) is 6.49. The Bertz CT molecular complexity index is 582. The summed E-state index contributed by atoms with van der Waals surface area (Å²) < 4.78 is 0. The molecule has 1 fully saturated rings. The van der Waals surface area contributed by atoms with E-state index in [1.165, 1.54) is 36.0 Å². The first-order valence-corrected chi connectivity index (χ1v) is 7.72.